The average molecular weight is 429 g/mol. The number of nitrogens with one attached hydrogen (secondary N) is 2. The van der Waals surface area contributed by atoms with Crippen LogP contribution in [-0.4, -0.2) is 21.9 Å². The number of pyridine rings is 2. The first-order valence-corrected chi connectivity index (χ1v) is 10.7. The number of aryl methyl sites for hydroxylation is 1. The predicted molar refractivity (Wildman–Crippen MR) is 124 cm³/mol. The van der Waals surface area contributed by atoms with Crippen LogP contribution >= 0.6 is 11.6 Å². The van der Waals surface area contributed by atoms with E-state index in [4.69, 9.17) is 11.6 Å². The third kappa shape index (κ3) is 4.23. The number of anilines is 2. The highest BCUT2D eigenvalue weighted by atomic mass is 35.5. The van der Waals surface area contributed by atoms with Crippen LogP contribution in [0.5, 0.6) is 0 Å². The molecule has 0 saturated heterocycles. The average Bonchev–Trinajstić information content (AvgIpc) is 2.79. The molecule has 0 bridgehead atoms. The normalized spacial score (nSPS) is 15.3. The molecule has 1 aliphatic rings. The molecule has 0 radical (unpaired) electrons. The standard InChI is InChI=1S/C25H21ClN4O/c26-19-7-5-17-9-11-28-24(22(17)14-19)29-21-10-12-27-23(15-21)25(31)30-20-8-6-16-3-1-2-4-18(16)13-20/h1-5,7,9-12,14-15,20H,6,8,13H2,(H,30,31)(H,27,28,29). The van der Waals surface area contributed by atoms with Crippen molar-refractivity contribution in [3.63, 3.8) is 0 Å². The molecule has 2 aromatic carbocycles. The summed E-state index contributed by atoms with van der Waals surface area (Å²) in [6, 6.07) is 19.7. The molecule has 154 valence electrons. The molecule has 2 N–H and O–H groups in total. The zero-order chi connectivity index (χ0) is 21.2. The number of fused-ring (bicyclic) bond motifs is 2. The molecule has 5 rings (SSSR count). The Bertz CT molecular complexity index is 1270. The van der Waals surface area contributed by atoms with Crippen LogP contribution in [0.2, 0.25) is 5.02 Å². The zero-order valence-corrected chi connectivity index (χ0v) is 17.6. The minimum Gasteiger partial charge on any atom is -0.348 e. The van der Waals surface area contributed by atoms with E-state index in [-0.39, 0.29) is 11.9 Å². The van der Waals surface area contributed by atoms with E-state index in [9.17, 15) is 4.79 Å². The number of aromatic nitrogens is 2. The third-order valence-electron chi connectivity index (χ3n) is 5.67. The lowest BCUT2D eigenvalue weighted by Gasteiger charge is -2.25. The summed E-state index contributed by atoms with van der Waals surface area (Å²) in [4.78, 5) is 21.6. The van der Waals surface area contributed by atoms with E-state index >= 15 is 0 Å². The highest BCUT2D eigenvalue weighted by molar-refractivity contribution is 6.31. The molecule has 5 nitrogen and oxygen atoms in total. The van der Waals surface area contributed by atoms with Crippen molar-refractivity contribution in [2.24, 2.45) is 0 Å². The number of carbonyl (C=O) groups excluding carboxylic acids is 1. The Morgan fingerprint density at radius 3 is 2.71 bits per heavy atom. The van der Waals surface area contributed by atoms with Crippen molar-refractivity contribution in [1.82, 2.24) is 15.3 Å². The highest BCUT2D eigenvalue weighted by Crippen LogP contribution is 2.27. The first-order chi connectivity index (χ1) is 15.2. The van der Waals surface area contributed by atoms with Gasteiger partial charge in [-0.15, -0.1) is 0 Å². The third-order valence-corrected chi connectivity index (χ3v) is 5.90. The van der Waals surface area contributed by atoms with E-state index < -0.39 is 0 Å². The summed E-state index contributed by atoms with van der Waals surface area (Å²) >= 11 is 6.17. The Kier molecular flexibility index (Phi) is 5.26. The summed E-state index contributed by atoms with van der Waals surface area (Å²) in [6.07, 6.45) is 6.13. The second-order valence-electron chi connectivity index (χ2n) is 7.76. The maximum absolute atomic E-state index is 12.9. The van der Waals surface area contributed by atoms with E-state index in [2.05, 4.69) is 38.8 Å². The summed E-state index contributed by atoms with van der Waals surface area (Å²) in [5.74, 6) is 0.517. The smallest absolute Gasteiger partial charge is 0.270 e. The van der Waals surface area contributed by atoms with E-state index in [1.165, 1.54) is 11.1 Å². The van der Waals surface area contributed by atoms with Gasteiger partial charge in [-0.1, -0.05) is 41.9 Å². The molecule has 2 heterocycles. The van der Waals surface area contributed by atoms with Crippen LogP contribution in [0.15, 0.2) is 73.1 Å². The number of nitrogens with zero attached hydrogens (tertiary/aromatic N) is 2. The first-order valence-electron chi connectivity index (χ1n) is 10.3. The summed E-state index contributed by atoms with van der Waals surface area (Å²) in [5, 5.41) is 9.03. The fourth-order valence-electron chi connectivity index (χ4n) is 4.09. The Hall–Kier alpha value is -3.44. The Morgan fingerprint density at radius 1 is 0.968 bits per heavy atom. The van der Waals surface area contributed by atoms with Gasteiger partial charge in [0.1, 0.15) is 11.5 Å². The lowest BCUT2D eigenvalue weighted by atomic mass is 9.88. The van der Waals surface area contributed by atoms with Gasteiger partial charge in [0, 0.05) is 34.5 Å². The Morgan fingerprint density at radius 2 is 1.81 bits per heavy atom. The minimum atomic E-state index is -0.165. The van der Waals surface area contributed by atoms with Gasteiger partial charge in [-0.05, 0) is 66.1 Å². The van der Waals surface area contributed by atoms with Gasteiger partial charge in [0.2, 0.25) is 0 Å². The van der Waals surface area contributed by atoms with Crippen LogP contribution in [0.25, 0.3) is 10.8 Å². The van der Waals surface area contributed by atoms with Crippen molar-refractivity contribution in [3.05, 3.63) is 94.9 Å². The zero-order valence-electron chi connectivity index (χ0n) is 16.8. The molecule has 1 atom stereocenters. The number of carbonyl (C=O) groups is 1. The Labute approximate surface area is 185 Å². The molecule has 1 amide bonds. The first kappa shape index (κ1) is 19.5. The lowest BCUT2D eigenvalue weighted by Crippen LogP contribution is -2.39. The van der Waals surface area contributed by atoms with Crippen molar-refractivity contribution in [1.29, 1.82) is 0 Å². The summed E-state index contributed by atoms with van der Waals surface area (Å²) in [6.45, 7) is 0. The van der Waals surface area contributed by atoms with Crippen LogP contribution in [0.3, 0.4) is 0 Å². The molecule has 0 aliphatic heterocycles. The van der Waals surface area contributed by atoms with Crippen molar-refractivity contribution >= 4 is 39.8 Å². The summed E-state index contributed by atoms with van der Waals surface area (Å²) < 4.78 is 0. The van der Waals surface area contributed by atoms with Gasteiger partial charge >= 0.3 is 0 Å². The van der Waals surface area contributed by atoms with Crippen molar-refractivity contribution < 1.29 is 4.79 Å². The number of hydrogen-bond acceptors (Lipinski definition) is 4. The molecule has 4 aromatic rings. The van der Waals surface area contributed by atoms with Gasteiger partial charge in [-0.3, -0.25) is 9.78 Å². The van der Waals surface area contributed by atoms with Gasteiger partial charge < -0.3 is 10.6 Å². The van der Waals surface area contributed by atoms with Crippen LogP contribution in [-0.2, 0) is 12.8 Å². The van der Waals surface area contributed by atoms with Crippen LogP contribution in [0.4, 0.5) is 11.5 Å². The monoisotopic (exact) mass is 428 g/mol. The van der Waals surface area contributed by atoms with Crippen molar-refractivity contribution in [2.75, 3.05) is 5.32 Å². The molecule has 0 fully saturated rings. The second kappa shape index (κ2) is 8.36. The molecular formula is C25H21ClN4O. The minimum absolute atomic E-state index is 0.114. The van der Waals surface area contributed by atoms with E-state index in [1.807, 2.05) is 36.4 Å². The second-order valence-corrected chi connectivity index (χ2v) is 8.20. The number of amides is 1. The summed E-state index contributed by atoms with van der Waals surface area (Å²) in [5.41, 5.74) is 3.80. The van der Waals surface area contributed by atoms with Crippen LogP contribution < -0.4 is 10.6 Å². The number of hydrogen-bond donors (Lipinski definition) is 2. The maximum atomic E-state index is 12.9. The molecule has 0 saturated carbocycles. The molecule has 1 aliphatic carbocycles. The number of benzene rings is 2. The van der Waals surface area contributed by atoms with Crippen LogP contribution in [0.1, 0.15) is 28.0 Å². The van der Waals surface area contributed by atoms with Gasteiger partial charge in [0.05, 0.1) is 0 Å². The fourth-order valence-corrected chi connectivity index (χ4v) is 4.26. The maximum Gasteiger partial charge on any atom is 0.270 e. The highest BCUT2D eigenvalue weighted by Gasteiger charge is 2.21. The van der Waals surface area contributed by atoms with E-state index in [1.54, 1.807) is 18.5 Å². The molecule has 0 spiro atoms. The quantitative estimate of drug-likeness (QED) is 0.462. The molecule has 2 aromatic heterocycles. The number of rotatable bonds is 4. The van der Waals surface area contributed by atoms with E-state index in [0.29, 0.717) is 16.5 Å². The van der Waals surface area contributed by atoms with Gasteiger partial charge in [0.25, 0.3) is 5.91 Å². The van der Waals surface area contributed by atoms with Crippen LogP contribution in [0, 0.1) is 0 Å². The molecule has 31 heavy (non-hydrogen) atoms. The molecule has 6 heteroatoms. The SMILES string of the molecule is O=C(NC1CCc2ccccc2C1)c1cc(Nc2nccc3ccc(Cl)cc23)ccn1. The number of halogens is 1. The van der Waals surface area contributed by atoms with E-state index in [0.717, 1.165) is 35.7 Å². The fraction of sp³-hybridized carbons (Fsp3) is 0.160. The van der Waals surface area contributed by atoms with Crippen molar-refractivity contribution in [3.8, 4) is 0 Å². The molecular weight excluding hydrogens is 408 g/mol. The lowest BCUT2D eigenvalue weighted by molar-refractivity contribution is 0.0928. The van der Waals surface area contributed by atoms with Crippen molar-refractivity contribution in [2.45, 2.75) is 25.3 Å². The van der Waals surface area contributed by atoms with Gasteiger partial charge in [0.15, 0.2) is 0 Å². The molecule has 1 unspecified atom stereocenters. The topological polar surface area (TPSA) is 66.9 Å². The Balaban J connectivity index is 1.33. The summed E-state index contributed by atoms with van der Waals surface area (Å²) in [7, 11) is 0. The largest absolute Gasteiger partial charge is 0.348 e. The predicted octanol–water partition coefficient (Wildman–Crippen LogP) is 5.31. The van der Waals surface area contributed by atoms with Gasteiger partial charge in [-0.25, -0.2) is 4.98 Å². The van der Waals surface area contributed by atoms with Gasteiger partial charge in [-0.2, -0.15) is 0 Å².